The second-order valence-corrected chi connectivity index (χ2v) is 5.17. The molecule has 1 fully saturated rings. The molecule has 3 rings (SSSR count). The van der Waals surface area contributed by atoms with Gasteiger partial charge < -0.3 is 9.42 Å². The van der Waals surface area contributed by atoms with E-state index in [4.69, 9.17) is 4.52 Å². The van der Waals surface area contributed by atoms with Crippen LogP contribution in [0.4, 0.5) is 5.82 Å². The molecule has 0 aliphatic carbocycles. The van der Waals surface area contributed by atoms with Crippen molar-refractivity contribution in [2.45, 2.75) is 32.1 Å². The lowest BCUT2D eigenvalue weighted by atomic mass is 9.97. The van der Waals surface area contributed by atoms with E-state index >= 15 is 0 Å². The van der Waals surface area contributed by atoms with Crippen molar-refractivity contribution in [2.24, 2.45) is 0 Å². The van der Waals surface area contributed by atoms with E-state index in [9.17, 15) is 5.26 Å². The molecule has 1 aliphatic heterocycles. The van der Waals surface area contributed by atoms with Gasteiger partial charge in [-0.15, -0.1) is 0 Å². The molecule has 0 spiro atoms. The van der Waals surface area contributed by atoms with Crippen LogP contribution in [0.15, 0.2) is 22.9 Å². The number of hydrogen-bond donors (Lipinski definition) is 0. The van der Waals surface area contributed by atoms with E-state index in [2.05, 4.69) is 26.1 Å². The van der Waals surface area contributed by atoms with Gasteiger partial charge in [-0.05, 0) is 25.0 Å². The van der Waals surface area contributed by atoms with Gasteiger partial charge in [0.1, 0.15) is 11.9 Å². The van der Waals surface area contributed by atoms with Crippen LogP contribution in [0.1, 0.15) is 43.0 Å². The minimum atomic E-state index is 0.233. The molecule has 1 aliphatic rings. The fraction of sp³-hybridized carbons (Fsp3) is 0.467. The van der Waals surface area contributed by atoms with Gasteiger partial charge in [0.25, 0.3) is 0 Å². The highest BCUT2D eigenvalue weighted by molar-refractivity contribution is 5.53. The Labute approximate surface area is 123 Å². The lowest BCUT2D eigenvalue weighted by molar-refractivity contribution is 0.368. The fourth-order valence-electron chi connectivity index (χ4n) is 2.69. The first-order chi connectivity index (χ1) is 10.3. The number of rotatable bonds is 3. The normalized spacial score (nSPS) is 18.5. The van der Waals surface area contributed by atoms with E-state index in [-0.39, 0.29) is 5.92 Å². The number of nitriles is 1. The van der Waals surface area contributed by atoms with Gasteiger partial charge in [-0.2, -0.15) is 10.2 Å². The highest BCUT2D eigenvalue weighted by atomic mass is 16.5. The topological polar surface area (TPSA) is 78.8 Å². The quantitative estimate of drug-likeness (QED) is 0.859. The van der Waals surface area contributed by atoms with Crippen LogP contribution in [0.3, 0.4) is 0 Å². The van der Waals surface area contributed by atoms with Crippen LogP contribution in [0.2, 0.25) is 0 Å². The standard InChI is InChI=1S/C15H17N5O/c1-2-13-18-14(19-21-13)12-6-4-8-20(10-12)15-11(9-16)5-3-7-17-15/h3,5,7,12H,2,4,6,8,10H2,1H3. The van der Waals surface area contributed by atoms with Crippen molar-refractivity contribution in [2.75, 3.05) is 18.0 Å². The molecule has 1 atom stereocenters. The zero-order valence-electron chi connectivity index (χ0n) is 12.0. The maximum absolute atomic E-state index is 9.21. The fourth-order valence-corrected chi connectivity index (χ4v) is 2.69. The van der Waals surface area contributed by atoms with Crippen LogP contribution in [0.25, 0.3) is 0 Å². The lowest BCUT2D eigenvalue weighted by Crippen LogP contribution is -2.35. The van der Waals surface area contributed by atoms with E-state index in [0.717, 1.165) is 44.0 Å². The molecule has 0 radical (unpaired) electrons. The van der Waals surface area contributed by atoms with Crippen molar-refractivity contribution < 1.29 is 4.52 Å². The highest BCUT2D eigenvalue weighted by Gasteiger charge is 2.27. The number of pyridine rings is 1. The number of piperidine rings is 1. The minimum Gasteiger partial charge on any atom is -0.355 e. The average Bonchev–Trinajstić information content (AvgIpc) is 3.04. The van der Waals surface area contributed by atoms with Crippen LogP contribution in [-0.2, 0) is 6.42 Å². The van der Waals surface area contributed by atoms with E-state index in [1.54, 1.807) is 18.3 Å². The van der Waals surface area contributed by atoms with Crippen LogP contribution in [0.5, 0.6) is 0 Å². The third-order valence-corrected chi connectivity index (χ3v) is 3.78. The van der Waals surface area contributed by atoms with Gasteiger partial charge in [0.15, 0.2) is 5.82 Å². The van der Waals surface area contributed by atoms with Crippen molar-refractivity contribution >= 4 is 5.82 Å². The predicted octanol–water partition coefficient (Wildman–Crippen LogP) is 2.28. The molecule has 3 heterocycles. The maximum atomic E-state index is 9.21. The second-order valence-electron chi connectivity index (χ2n) is 5.17. The molecule has 21 heavy (non-hydrogen) atoms. The lowest BCUT2D eigenvalue weighted by Gasteiger charge is -2.32. The summed E-state index contributed by atoms with van der Waals surface area (Å²) in [6.07, 6.45) is 4.54. The molecule has 108 valence electrons. The second kappa shape index (κ2) is 5.92. The van der Waals surface area contributed by atoms with Gasteiger partial charge in [0, 0.05) is 31.6 Å². The SMILES string of the molecule is CCc1nc(C2CCCN(c3ncccc3C#N)C2)no1. The Morgan fingerprint density at radius 2 is 2.43 bits per heavy atom. The summed E-state index contributed by atoms with van der Waals surface area (Å²) in [5, 5.41) is 13.3. The molecular weight excluding hydrogens is 266 g/mol. The number of aryl methyl sites for hydroxylation is 1. The summed E-state index contributed by atoms with van der Waals surface area (Å²) < 4.78 is 5.21. The van der Waals surface area contributed by atoms with Crippen LogP contribution >= 0.6 is 0 Å². The first kappa shape index (κ1) is 13.6. The van der Waals surface area contributed by atoms with Crippen LogP contribution < -0.4 is 4.90 Å². The Hall–Kier alpha value is -2.42. The van der Waals surface area contributed by atoms with E-state index in [1.165, 1.54) is 0 Å². The third-order valence-electron chi connectivity index (χ3n) is 3.78. The van der Waals surface area contributed by atoms with Gasteiger partial charge >= 0.3 is 0 Å². The Morgan fingerprint density at radius 3 is 3.19 bits per heavy atom. The molecule has 0 amide bonds. The van der Waals surface area contributed by atoms with Crippen molar-refractivity contribution in [3.05, 3.63) is 35.6 Å². The number of hydrogen-bond acceptors (Lipinski definition) is 6. The van der Waals surface area contributed by atoms with Crippen LogP contribution in [-0.4, -0.2) is 28.2 Å². The van der Waals surface area contributed by atoms with E-state index in [1.807, 2.05) is 6.92 Å². The molecule has 0 N–H and O–H groups in total. The number of anilines is 1. The highest BCUT2D eigenvalue weighted by Crippen LogP contribution is 2.29. The molecule has 1 saturated heterocycles. The molecule has 0 bridgehead atoms. The summed E-state index contributed by atoms with van der Waals surface area (Å²) in [4.78, 5) is 10.9. The third kappa shape index (κ3) is 2.72. The van der Waals surface area contributed by atoms with Crippen LogP contribution in [0, 0.1) is 11.3 Å². The molecular formula is C15H17N5O. The summed E-state index contributed by atoms with van der Waals surface area (Å²) in [7, 11) is 0. The van der Waals surface area contributed by atoms with E-state index in [0.29, 0.717) is 11.5 Å². The van der Waals surface area contributed by atoms with Crippen molar-refractivity contribution in [3.8, 4) is 6.07 Å². The molecule has 0 aromatic carbocycles. The maximum Gasteiger partial charge on any atom is 0.226 e. The van der Waals surface area contributed by atoms with Gasteiger partial charge in [0.05, 0.1) is 5.56 Å². The first-order valence-electron chi connectivity index (χ1n) is 7.24. The number of nitrogens with zero attached hydrogens (tertiary/aromatic N) is 5. The smallest absolute Gasteiger partial charge is 0.226 e. The Bertz CT molecular complexity index is 660. The molecule has 6 nitrogen and oxygen atoms in total. The summed E-state index contributed by atoms with van der Waals surface area (Å²) in [6.45, 7) is 3.67. The first-order valence-corrected chi connectivity index (χ1v) is 7.24. The molecule has 2 aromatic heterocycles. The summed E-state index contributed by atoms with van der Waals surface area (Å²) >= 11 is 0. The van der Waals surface area contributed by atoms with Gasteiger partial charge in [-0.3, -0.25) is 0 Å². The van der Waals surface area contributed by atoms with E-state index < -0.39 is 0 Å². The summed E-state index contributed by atoms with van der Waals surface area (Å²) in [5.41, 5.74) is 0.612. The van der Waals surface area contributed by atoms with Gasteiger partial charge in [0.2, 0.25) is 5.89 Å². The van der Waals surface area contributed by atoms with Crippen molar-refractivity contribution in [1.29, 1.82) is 5.26 Å². The molecule has 1 unspecified atom stereocenters. The summed E-state index contributed by atoms with van der Waals surface area (Å²) in [6, 6.07) is 5.80. The number of aromatic nitrogens is 3. The van der Waals surface area contributed by atoms with Crippen molar-refractivity contribution in [1.82, 2.24) is 15.1 Å². The van der Waals surface area contributed by atoms with Gasteiger partial charge in [-0.1, -0.05) is 12.1 Å². The average molecular weight is 283 g/mol. The molecule has 6 heteroatoms. The Kier molecular flexibility index (Phi) is 3.82. The summed E-state index contributed by atoms with van der Waals surface area (Å²) in [5.74, 6) is 2.43. The van der Waals surface area contributed by atoms with Crippen molar-refractivity contribution in [3.63, 3.8) is 0 Å². The Balaban J connectivity index is 1.81. The largest absolute Gasteiger partial charge is 0.355 e. The minimum absolute atomic E-state index is 0.233. The molecule has 2 aromatic rings. The predicted molar refractivity (Wildman–Crippen MR) is 76.8 cm³/mol. The Morgan fingerprint density at radius 1 is 1.52 bits per heavy atom. The monoisotopic (exact) mass is 283 g/mol. The van der Waals surface area contributed by atoms with Gasteiger partial charge in [-0.25, -0.2) is 4.98 Å². The molecule has 0 saturated carbocycles. The zero-order chi connectivity index (χ0) is 14.7. The zero-order valence-corrected chi connectivity index (χ0v) is 12.0.